The van der Waals surface area contributed by atoms with E-state index in [4.69, 9.17) is 4.74 Å². The van der Waals surface area contributed by atoms with Crippen LogP contribution in [0.5, 0.6) is 0 Å². The third-order valence-electron chi connectivity index (χ3n) is 5.32. The lowest BCUT2D eigenvalue weighted by molar-refractivity contribution is -0.146. The second-order valence-electron chi connectivity index (χ2n) is 7.41. The smallest absolute Gasteiger partial charge is 0.329 e. The quantitative estimate of drug-likeness (QED) is 0.400. The number of fused-ring (bicyclic) bond motifs is 2. The molecule has 0 aliphatic carbocycles. The minimum Gasteiger partial charge on any atom is -0.456 e. The van der Waals surface area contributed by atoms with Crippen LogP contribution in [0.25, 0.3) is 10.9 Å². The van der Waals surface area contributed by atoms with Crippen molar-refractivity contribution in [2.24, 2.45) is 0 Å². The number of benzene rings is 2. The first-order chi connectivity index (χ1) is 14.3. The molecule has 1 N–H and O–H groups in total. The lowest BCUT2D eigenvalue weighted by Crippen LogP contribution is -2.44. The number of ether oxygens (including phenoxy) is 1. The van der Waals surface area contributed by atoms with Gasteiger partial charge in [-0.25, -0.2) is 4.79 Å². The maximum atomic E-state index is 12.7. The number of para-hydroxylation sites is 1. The number of nitrogens with one attached hydrogen (secondary N) is 1. The molecule has 2 aromatic carbocycles. The van der Waals surface area contributed by atoms with Crippen LogP contribution in [0.15, 0.2) is 42.5 Å². The second-order valence-corrected chi connectivity index (χ2v) is 7.41. The molecule has 1 unspecified atom stereocenters. The number of imide groups is 1. The molecule has 1 aromatic heterocycles. The number of aromatic nitrogens is 1. The number of hydrogen-bond donors (Lipinski definition) is 1. The minimum atomic E-state index is -1.14. The number of amides is 2. The molecule has 1 aliphatic heterocycles. The van der Waals surface area contributed by atoms with Gasteiger partial charge in [-0.2, -0.15) is 0 Å². The van der Waals surface area contributed by atoms with Crippen LogP contribution in [0.1, 0.15) is 49.3 Å². The Morgan fingerprint density at radius 1 is 1.03 bits per heavy atom. The van der Waals surface area contributed by atoms with Gasteiger partial charge >= 0.3 is 5.97 Å². The number of ketones is 1. The summed E-state index contributed by atoms with van der Waals surface area (Å²) in [5, 5.41) is 0.750. The van der Waals surface area contributed by atoms with E-state index in [2.05, 4.69) is 4.98 Å². The van der Waals surface area contributed by atoms with Crippen LogP contribution in [0, 0.1) is 13.8 Å². The fraction of sp³-hybridized carbons (Fsp3) is 0.217. The monoisotopic (exact) mass is 404 g/mol. The molecule has 0 bridgehead atoms. The Hall–Kier alpha value is -3.74. The van der Waals surface area contributed by atoms with Crippen molar-refractivity contribution in [2.75, 3.05) is 6.61 Å². The fourth-order valence-electron chi connectivity index (χ4n) is 3.80. The molecule has 0 radical (unpaired) electrons. The summed E-state index contributed by atoms with van der Waals surface area (Å²) in [7, 11) is 0. The lowest BCUT2D eigenvalue weighted by Gasteiger charge is -2.20. The molecule has 0 saturated carbocycles. The lowest BCUT2D eigenvalue weighted by atomic mass is 10.1. The molecule has 152 valence electrons. The maximum absolute atomic E-state index is 12.7. The molecule has 7 nitrogen and oxygen atoms in total. The van der Waals surface area contributed by atoms with E-state index in [9.17, 15) is 19.2 Å². The fourth-order valence-corrected chi connectivity index (χ4v) is 3.80. The van der Waals surface area contributed by atoms with Crippen molar-refractivity contribution in [3.63, 3.8) is 0 Å². The van der Waals surface area contributed by atoms with Gasteiger partial charge in [-0.1, -0.05) is 29.8 Å². The molecule has 4 rings (SSSR count). The zero-order chi connectivity index (χ0) is 21.6. The number of carbonyl (C=O) groups is 4. The third-order valence-corrected chi connectivity index (χ3v) is 5.32. The van der Waals surface area contributed by atoms with Gasteiger partial charge in [-0.15, -0.1) is 0 Å². The number of Topliss-reactive ketones (excluding diaryl/α,β-unsaturated/α-hetero) is 1. The van der Waals surface area contributed by atoms with E-state index in [1.54, 1.807) is 25.1 Å². The first-order valence-corrected chi connectivity index (χ1v) is 9.55. The summed E-state index contributed by atoms with van der Waals surface area (Å²) in [6, 6.07) is 11.1. The normalized spacial score (nSPS) is 14.2. The van der Waals surface area contributed by atoms with E-state index in [-0.39, 0.29) is 16.9 Å². The molecule has 1 aliphatic rings. The highest BCUT2D eigenvalue weighted by molar-refractivity contribution is 6.22. The summed E-state index contributed by atoms with van der Waals surface area (Å²) >= 11 is 0. The number of nitrogens with zero attached hydrogens (tertiary/aromatic N) is 1. The van der Waals surface area contributed by atoms with E-state index >= 15 is 0 Å². The Labute approximate surface area is 172 Å². The van der Waals surface area contributed by atoms with Crippen molar-refractivity contribution in [1.29, 1.82) is 0 Å². The minimum absolute atomic E-state index is 0.260. The summed E-state index contributed by atoms with van der Waals surface area (Å²) in [6.45, 7) is 4.53. The van der Waals surface area contributed by atoms with Gasteiger partial charge in [0, 0.05) is 22.2 Å². The summed E-state index contributed by atoms with van der Waals surface area (Å²) in [5.41, 5.74) is 3.33. The topological polar surface area (TPSA) is 96.5 Å². The highest BCUT2D eigenvalue weighted by Crippen LogP contribution is 2.26. The standard InChI is InChI=1S/C23H20N2O5/c1-12-8-9-15-17(10-12)22(28)25(21(15)27)14(3)23(29)30-11-19(26)20-13(2)24-18-7-5-4-6-16(18)20/h4-10,14,24H,11H2,1-3H3. The molecule has 0 fully saturated rings. The van der Waals surface area contributed by atoms with Crippen LogP contribution >= 0.6 is 0 Å². The molecular weight excluding hydrogens is 384 g/mol. The van der Waals surface area contributed by atoms with Crippen molar-refractivity contribution in [1.82, 2.24) is 9.88 Å². The van der Waals surface area contributed by atoms with Gasteiger partial charge in [0.05, 0.1) is 11.1 Å². The average molecular weight is 404 g/mol. The summed E-state index contributed by atoms with van der Waals surface area (Å²) in [6.07, 6.45) is 0. The first-order valence-electron chi connectivity index (χ1n) is 9.55. The molecule has 0 spiro atoms. The third kappa shape index (κ3) is 3.08. The molecule has 7 heteroatoms. The van der Waals surface area contributed by atoms with Gasteiger partial charge < -0.3 is 9.72 Å². The van der Waals surface area contributed by atoms with Crippen LogP contribution in [-0.2, 0) is 9.53 Å². The van der Waals surface area contributed by atoms with Crippen LogP contribution in [0.2, 0.25) is 0 Å². The maximum Gasteiger partial charge on any atom is 0.329 e. The Bertz CT molecular complexity index is 1220. The van der Waals surface area contributed by atoms with E-state index in [1.165, 1.54) is 6.92 Å². The number of aromatic amines is 1. The van der Waals surface area contributed by atoms with Gasteiger partial charge in [0.25, 0.3) is 11.8 Å². The van der Waals surface area contributed by atoms with Crippen molar-refractivity contribution < 1.29 is 23.9 Å². The van der Waals surface area contributed by atoms with E-state index in [1.807, 2.05) is 31.2 Å². The molecule has 1 atom stereocenters. The molecule has 0 saturated heterocycles. The number of hydrogen-bond acceptors (Lipinski definition) is 5. The molecule has 2 heterocycles. The summed E-state index contributed by atoms with van der Waals surface area (Å²) in [5.74, 6) is -2.25. The van der Waals surface area contributed by atoms with Crippen molar-refractivity contribution in [2.45, 2.75) is 26.8 Å². The average Bonchev–Trinajstić information content (AvgIpc) is 3.18. The number of esters is 1. The molecular formula is C23H20N2O5. The van der Waals surface area contributed by atoms with Crippen LogP contribution in [0.4, 0.5) is 0 Å². The van der Waals surface area contributed by atoms with E-state index in [0.29, 0.717) is 11.3 Å². The Morgan fingerprint density at radius 2 is 1.73 bits per heavy atom. The second kappa shape index (κ2) is 7.26. The zero-order valence-corrected chi connectivity index (χ0v) is 16.8. The SMILES string of the molecule is Cc1ccc2c(c1)C(=O)N(C(C)C(=O)OCC(=O)c1c(C)[nH]c3ccccc13)C2=O. The number of carbonyl (C=O) groups excluding carboxylic acids is 4. The number of H-pyrrole nitrogens is 1. The molecule has 30 heavy (non-hydrogen) atoms. The van der Waals surface area contributed by atoms with Gasteiger partial charge in [0.15, 0.2) is 6.61 Å². The number of aryl methyl sites for hydroxylation is 2. The van der Waals surface area contributed by atoms with Crippen LogP contribution in [0.3, 0.4) is 0 Å². The van der Waals surface area contributed by atoms with Crippen LogP contribution in [-0.4, -0.2) is 46.1 Å². The van der Waals surface area contributed by atoms with Crippen molar-refractivity contribution in [3.8, 4) is 0 Å². The Balaban J connectivity index is 1.48. The first kappa shape index (κ1) is 19.6. The van der Waals surface area contributed by atoms with Crippen molar-refractivity contribution in [3.05, 3.63) is 70.4 Å². The largest absolute Gasteiger partial charge is 0.456 e. The van der Waals surface area contributed by atoms with Gasteiger partial charge in [-0.3, -0.25) is 19.3 Å². The zero-order valence-electron chi connectivity index (χ0n) is 16.8. The molecule has 2 amide bonds. The highest BCUT2D eigenvalue weighted by atomic mass is 16.5. The molecule has 3 aromatic rings. The van der Waals surface area contributed by atoms with Gasteiger partial charge in [-0.05, 0) is 39.0 Å². The van der Waals surface area contributed by atoms with Gasteiger partial charge in [0.1, 0.15) is 6.04 Å². The predicted molar refractivity (Wildman–Crippen MR) is 109 cm³/mol. The van der Waals surface area contributed by atoms with Crippen LogP contribution < -0.4 is 0 Å². The van der Waals surface area contributed by atoms with E-state index in [0.717, 1.165) is 21.4 Å². The van der Waals surface area contributed by atoms with Crippen molar-refractivity contribution >= 4 is 34.5 Å². The highest BCUT2D eigenvalue weighted by Gasteiger charge is 2.41. The van der Waals surface area contributed by atoms with E-state index < -0.39 is 30.4 Å². The summed E-state index contributed by atoms with van der Waals surface area (Å²) < 4.78 is 5.18. The predicted octanol–water partition coefficient (Wildman–Crippen LogP) is 3.20. The van der Waals surface area contributed by atoms with Gasteiger partial charge in [0.2, 0.25) is 5.78 Å². The summed E-state index contributed by atoms with van der Waals surface area (Å²) in [4.78, 5) is 54.5. The Kier molecular flexibility index (Phi) is 4.73. The number of rotatable bonds is 5. The Morgan fingerprint density at radius 3 is 2.50 bits per heavy atom.